The number of phenols is 3. The molecule has 4 aliphatic rings. The molecule has 15 nitrogen and oxygen atoms in total. The maximum Gasteiger partial charge on any atom is 0.312 e. The highest BCUT2D eigenvalue weighted by Crippen LogP contribution is 2.55. The van der Waals surface area contributed by atoms with Gasteiger partial charge in [0, 0.05) is 67.2 Å². The molecule has 2 aromatic rings. The largest absolute Gasteiger partial charge is 0.507 e. The summed E-state index contributed by atoms with van der Waals surface area (Å²) in [6.07, 6.45) is 10.9. The number of aromatic hydroxyl groups is 3. The number of anilines is 1. The van der Waals surface area contributed by atoms with Crippen LogP contribution in [-0.4, -0.2) is 92.8 Å². The lowest BCUT2D eigenvalue weighted by atomic mass is 9.78. The predicted octanol–water partition coefficient (Wildman–Crippen LogP) is 6.40. The summed E-state index contributed by atoms with van der Waals surface area (Å²) < 4.78 is 23.6. The number of Topliss-reactive ketones (excluding diaryl/α,β-unsaturated/α-hetero) is 1. The van der Waals surface area contributed by atoms with E-state index in [2.05, 4.69) is 15.8 Å². The van der Waals surface area contributed by atoms with E-state index in [0.29, 0.717) is 0 Å². The number of benzene rings is 2. The van der Waals surface area contributed by atoms with Gasteiger partial charge in [-0.3, -0.25) is 14.4 Å². The number of aliphatic hydroxyl groups is 2. The number of ketones is 1. The lowest BCUT2D eigenvalue weighted by Crippen LogP contribution is -2.46. The summed E-state index contributed by atoms with van der Waals surface area (Å²) in [6, 6.07) is 0.0598. The van der Waals surface area contributed by atoms with Gasteiger partial charge in [-0.25, -0.2) is 0 Å². The number of esters is 1. The van der Waals surface area contributed by atoms with Crippen LogP contribution < -0.4 is 15.5 Å². The van der Waals surface area contributed by atoms with Crippen LogP contribution in [0.3, 0.4) is 0 Å². The first-order chi connectivity index (χ1) is 28.3. The number of allylic oxidation sites excluding steroid dienone is 2. The van der Waals surface area contributed by atoms with Crippen molar-refractivity contribution in [1.29, 1.82) is 0 Å². The molecule has 3 aliphatic heterocycles. The summed E-state index contributed by atoms with van der Waals surface area (Å²) in [5, 5.41) is 65.0. The summed E-state index contributed by atoms with van der Waals surface area (Å²) in [6.45, 7) is 12.5. The molecule has 15 heteroatoms. The predicted molar refractivity (Wildman–Crippen MR) is 226 cm³/mol. The third kappa shape index (κ3) is 9.27. The van der Waals surface area contributed by atoms with Gasteiger partial charge in [-0.05, 0) is 32.8 Å². The van der Waals surface area contributed by atoms with Gasteiger partial charge in [0.2, 0.25) is 0 Å². The number of carbonyl (C=O) groups is 3. The standard InChI is InChI=1S/C45H61N3O12/c1-22-15-14-16-23(2)44(56)47-35-30(21-46-48-29-17-12-10-11-13-18-29)39(53)32-33(40(35)54)38(52)27(6)42-34(32)43(55)45(8,60-42)58-20-19-31(57-9)24(3)41(59-28(7)49)26(5)37(51)25(4)36(22)50/h14-16,19-22,24-26,29,31,36-37,41,48,50-54H,10-13,17-18H2,1-9H3,(H,47,56)/b15-14+,20-19+,23-16+,46-21-. The summed E-state index contributed by atoms with van der Waals surface area (Å²) in [5.41, 5.74) is 2.78. The van der Waals surface area contributed by atoms with E-state index in [-0.39, 0.29) is 50.5 Å². The number of carbonyl (C=O) groups excluding carboxylic acids is 3. The highest BCUT2D eigenvalue weighted by Gasteiger charge is 2.50. The fourth-order valence-electron chi connectivity index (χ4n) is 8.49. The van der Waals surface area contributed by atoms with Crippen molar-refractivity contribution < 1.29 is 58.9 Å². The minimum atomic E-state index is -2.04. The van der Waals surface area contributed by atoms with E-state index in [1.165, 1.54) is 59.4 Å². The van der Waals surface area contributed by atoms with Gasteiger partial charge in [0.25, 0.3) is 11.7 Å². The Bertz CT molecular complexity index is 2070. The Kier molecular flexibility index (Phi) is 14.6. The smallest absolute Gasteiger partial charge is 0.312 e. The molecule has 3 heterocycles. The lowest BCUT2D eigenvalue weighted by Gasteiger charge is -2.38. The van der Waals surface area contributed by atoms with E-state index in [1.807, 2.05) is 0 Å². The molecule has 2 aromatic carbocycles. The zero-order valence-corrected chi connectivity index (χ0v) is 35.9. The van der Waals surface area contributed by atoms with Gasteiger partial charge in [0.15, 0.2) is 5.75 Å². The number of hydrogen-bond acceptors (Lipinski definition) is 14. The Morgan fingerprint density at radius 2 is 1.60 bits per heavy atom. The van der Waals surface area contributed by atoms with E-state index in [1.54, 1.807) is 39.8 Å². The summed E-state index contributed by atoms with van der Waals surface area (Å²) in [5.74, 6) is -8.33. The van der Waals surface area contributed by atoms with E-state index < -0.39 is 88.8 Å². The topological polar surface area (TPSA) is 226 Å². The normalized spacial score (nSPS) is 31.8. The SMILES string of the molecule is COC1/C=C/OC2(C)Oc3c(C)c(O)c4c(O)c(c(/C=N\NC5CCCCCC5)c(O)c4c3C2=O)NC(=O)/C(C)=C/C=C/C(C)C(O)C(C)C(O)C(C)C(OC(C)=O)C1C. The molecule has 0 radical (unpaired) electrons. The number of amides is 1. The number of ether oxygens (including phenoxy) is 4. The number of fused-ring (bicyclic) bond motifs is 14. The van der Waals surface area contributed by atoms with Crippen molar-refractivity contribution in [2.24, 2.45) is 28.8 Å². The third-order valence-corrected chi connectivity index (χ3v) is 12.3. The molecule has 1 fully saturated rings. The molecule has 0 saturated heterocycles. The van der Waals surface area contributed by atoms with Crippen LogP contribution in [0.15, 0.2) is 41.2 Å². The van der Waals surface area contributed by atoms with E-state index in [4.69, 9.17) is 18.9 Å². The van der Waals surface area contributed by atoms with Gasteiger partial charge in [-0.1, -0.05) is 71.6 Å². The maximum absolute atomic E-state index is 14.4. The molecule has 328 valence electrons. The van der Waals surface area contributed by atoms with Crippen LogP contribution in [0.1, 0.15) is 108 Å². The average molecular weight is 836 g/mol. The fourth-order valence-corrected chi connectivity index (χ4v) is 8.49. The average Bonchev–Trinajstić information content (AvgIpc) is 3.34. The second-order valence-corrected chi connectivity index (χ2v) is 16.7. The van der Waals surface area contributed by atoms with Crippen molar-refractivity contribution in [3.05, 3.63) is 52.8 Å². The van der Waals surface area contributed by atoms with Crippen LogP contribution in [0.2, 0.25) is 0 Å². The molecular weight excluding hydrogens is 775 g/mol. The molecule has 0 aromatic heterocycles. The first-order valence-corrected chi connectivity index (χ1v) is 20.7. The van der Waals surface area contributed by atoms with E-state index >= 15 is 0 Å². The highest BCUT2D eigenvalue weighted by molar-refractivity contribution is 6.23. The number of nitrogens with one attached hydrogen (secondary N) is 2. The first kappa shape index (κ1) is 46.0. The van der Waals surface area contributed by atoms with Gasteiger partial charge in [-0.15, -0.1) is 0 Å². The van der Waals surface area contributed by atoms with Crippen molar-refractivity contribution in [2.45, 2.75) is 130 Å². The Morgan fingerprint density at radius 1 is 0.933 bits per heavy atom. The van der Waals surface area contributed by atoms with Crippen molar-refractivity contribution in [3.8, 4) is 23.0 Å². The Morgan fingerprint density at radius 3 is 2.23 bits per heavy atom. The molecule has 5 bridgehead atoms. The van der Waals surface area contributed by atoms with Gasteiger partial charge < -0.3 is 55.2 Å². The van der Waals surface area contributed by atoms with Crippen LogP contribution in [0.25, 0.3) is 10.8 Å². The Balaban J connectivity index is 1.69. The molecule has 0 spiro atoms. The zero-order chi connectivity index (χ0) is 44.2. The number of methoxy groups -OCH3 is 1. The number of hydrazone groups is 1. The van der Waals surface area contributed by atoms with Gasteiger partial charge >= 0.3 is 11.8 Å². The molecule has 1 aliphatic carbocycles. The van der Waals surface area contributed by atoms with Crippen molar-refractivity contribution >= 4 is 40.3 Å². The van der Waals surface area contributed by atoms with Crippen LogP contribution in [-0.2, 0) is 23.8 Å². The van der Waals surface area contributed by atoms with Crippen LogP contribution >= 0.6 is 0 Å². The minimum absolute atomic E-state index is 0.0583. The molecule has 1 saturated carbocycles. The molecule has 7 N–H and O–H groups in total. The van der Waals surface area contributed by atoms with Gasteiger partial charge in [-0.2, -0.15) is 5.10 Å². The second-order valence-electron chi connectivity index (χ2n) is 16.7. The van der Waals surface area contributed by atoms with Crippen molar-refractivity contribution in [2.75, 3.05) is 12.4 Å². The number of rotatable bonds is 5. The monoisotopic (exact) mass is 835 g/mol. The Labute approximate surface area is 351 Å². The quantitative estimate of drug-likeness (QED) is 0.0433. The van der Waals surface area contributed by atoms with Crippen LogP contribution in [0.5, 0.6) is 23.0 Å². The van der Waals surface area contributed by atoms with Crippen molar-refractivity contribution in [3.63, 3.8) is 0 Å². The summed E-state index contributed by atoms with van der Waals surface area (Å²) >= 11 is 0. The zero-order valence-electron chi connectivity index (χ0n) is 35.9. The summed E-state index contributed by atoms with van der Waals surface area (Å²) in [4.78, 5) is 40.5. The Hall–Kier alpha value is -5.12. The van der Waals surface area contributed by atoms with Crippen molar-refractivity contribution in [1.82, 2.24) is 5.43 Å². The van der Waals surface area contributed by atoms with Crippen LogP contribution in [0.4, 0.5) is 5.69 Å². The molecule has 6 rings (SSSR count). The fraction of sp³-hybridized carbons (Fsp3) is 0.556. The molecule has 1 amide bonds. The number of nitrogens with zero attached hydrogens (tertiary/aromatic N) is 1. The van der Waals surface area contributed by atoms with Crippen LogP contribution in [0, 0.1) is 30.6 Å². The van der Waals surface area contributed by atoms with E-state index in [0.717, 1.165) is 38.5 Å². The molecule has 9 atom stereocenters. The lowest BCUT2D eigenvalue weighted by molar-refractivity contribution is -0.160. The number of phenolic OH excluding ortho intramolecular Hbond substituents is 3. The molecule has 60 heavy (non-hydrogen) atoms. The summed E-state index contributed by atoms with van der Waals surface area (Å²) in [7, 11) is 1.44. The van der Waals surface area contributed by atoms with Gasteiger partial charge in [0.05, 0.1) is 53.0 Å². The maximum atomic E-state index is 14.4. The molecule has 9 unspecified atom stereocenters. The minimum Gasteiger partial charge on any atom is -0.507 e. The third-order valence-electron chi connectivity index (χ3n) is 12.3. The number of hydrogen-bond donors (Lipinski definition) is 7. The van der Waals surface area contributed by atoms with E-state index in [9.17, 15) is 39.9 Å². The second kappa shape index (κ2) is 19.1. The first-order valence-electron chi connectivity index (χ1n) is 20.7. The molecular formula is C45H61N3O12. The van der Waals surface area contributed by atoms with Gasteiger partial charge in [0.1, 0.15) is 23.4 Å². The highest BCUT2D eigenvalue weighted by atomic mass is 16.7. The number of aliphatic hydroxyl groups excluding tert-OH is 2.